The molecule has 0 saturated heterocycles. The van der Waals surface area contributed by atoms with E-state index in [1.54, 1.807) is 6.07 Å². The van der Waals surface area contributed by atoms with Crippen LogP contribution in [0.4, 0.5) is 0 Å². The molecule has 0 aromatic carbocycles. The predicted octanol–water partition coefficient (Wildman–Crippen LogP) is 2.15. The van der Waals surface area contributed by atoms with Gasteiger partial charge in [-0.1, -0.05) is 11.6 Å². The van der Waals surface area contributed by atoms with Crippen molar-refractivity contribution in [1.82, 2.24) is 4.98 Å². The average molecular weight is 331 g/mol. The summed E-state index contributed by atoms with van der Waals surface area (Å²) in [6, 6.07) is 1.63. The van der Waals surface area contributed by atoms with Gasteiger partial charge in [-0.2, -0.15) is 8.42 Å². The molecule has 1 aromatic rings. The molecule has 8 heteroatoms. The summed E-state index contributed by atoms with van der Waals surface area (Å²) in [7, 11) is -3.93. The summed E-state index contributed by atoms with van der Waals surface area (Å²) in [5.74, 6) is 0.0258. The first-order valence-electron chi connectivity index (χ1n) is 4.27. The number of ether oxygens (including phenoxy) is 1. The zero-order valence-electron chi connectivity index (χ0n) is 8.06. The number of rotatable bonds is 5. The molecule has 16 heavy (non-hydrogen) atoms. The molecular formula is C8H9BrClNO4S. The number of hydrogen-bond donors (Lipinski definition) is 1. The highest BCUT2D eigenvalue weighted by atomic mass is 79.9. The molecule has 90 valence electrons. The minimum Gasteiger partial charge on any atom is -0.490 e. The maximum atomic E-state index is 10.4. The van der Waals surface area contributed by atoms with Gasteiger partial charge in [0.1, 0.15) is 0 Å². The van der Waals surface area contributed by atoms with Crippen molar-refractivity contribution in [2.45, 2.75) is 6.42 Å². The van der Waals surface area contributed by atoms with Crippen LogP contribution in [0.5, 0.6) is 5.75 Å². The van der Waals surface area contributed by atoms with Crippen LogP contribution in [-0.2, 0) is 10.1 Å². The average Bonchev–Trinajstić information content (AvgIpc) is 2.16. The first kappa shape index (κ1) is 13.7. The number of aromatic nitrogens is 1. The Balaban J connectivity index is 2.46. The number of pyridine rings is 1. The lowest BCUT2D eigenvalue weighted by molar-refractivity contribution is 0.315. The molecule has 0 aliphatic carbocycles. The lowest BCUT2D eigenvalue weighted by atomic mass is 10.4. The van der Waals surface area contributed by atoms with E-state index in [-0.39, 0.29) is 23.9 Å². The fraction of sp³-hybridized carbons (Fsp3) is 0.375. The molecule has 1 rings (SSSR count). The SMILES string of the molecule is O=S(=O)(O)CCCOc1cc(Br)cnc1Cl. The zero-order chi connectivity index (χ0) is 12.2. The highest BCUT2D eigenvalue weighted by Gasteiger charge is 2.06. The van der Waals surface area contributed by atoms with Gasteiger partial charge in [0, 0.05) is 10.7 Å². The summed E-state index contributed by atoms with van der Waals surface area (Å²) in [6.07, 6.45) is 1.70. The van der Waals surface area contributed by atoms with E-state index in [9.17, 15) is 8.42 Å². The van der Waals surface area contributed by atoms with Crippen LogP contribution in [0.1, 0.15) is 6.42 Å². The van der Waals surface area contributed by atoms with Crippen molar-refractivity contribution < 1.29 is 17.7 Å². The monoisotopic (exact) mass is 329 g/mol. The molecule has 0 atom stereocenters. The van der Waals surface area contributed by atoms with Crippen molar-refractivity contribution in [1.29, 1.82) is 0 Å². The summed E-state index contributed by atoms with van der Waals surface area (Å²) in [5, 5.41) is 0.204. The molecule has 0 unspecified atom stereocenters. The number of halogens is 2. The Morgan fingerprint density at radius 1 is 1.56 bits per heavy atom. The van der Waals surface area contributed by atoms with E-state index in [0.29, 0.717) is 10.2 Å². The van der Waals surface area contributed by atoms with Gasteiger partial charge >= 0.3 is 0 Å². The van der Waals surface area contributed by atoms with Crippen LogP contribution >= 0.6 is 27.5 Å². The van der Waals surface area contributed by atoms with Gasteiger partial charge in [-0.25, -0.2) is 4.98 Å². The fourth-order valence-electron chi connectivity index (χ4n) is 0.929. The van der Waals surface area contributed by atoms with Crippen molar-refractivity contribution in [3.63, 3.8) is 0 Å². The Kier molecular flexibility index (Phi) is 4.97. The lowest BCUT2D eigenvalue weighted by Crippen LogP contribution is -2.08. The molecule has 0 saturated carbocycles. The van der Waals surface area contributed by atoms with Crippen LogP contribution in [-0.4, -0.2) is 30.3 Å². The van der Waals surface area contributed by atoms with E-state index in [0.717, 1.165) is 0 Å². The summed E-state index contributed by atoms with van der Waals surface area (Å²) in [6.45, 7) is 0.137. The summed E-state index contributed by atoms with van der Waals surface area (Å²) >= 11 is 8.94. The van der Waals surface area contributed by atoms with E-state index in [2.05, 4.69) is 20.9 Å². The van der Waals surface area contributed by atoms with Gasteiger partial charge in [-0.05, 0) is 28.4 Å². The molecule has 1 aromatic heterocycles. The first-order chi connectivity index (χ1) is 7.38. The Hall–Kier alpha value is -0.370. The van der Waals surface area contributed by atoms with Crippen LogP contribution < -0.4 is 4.74 Å². The second kappa shape index (κ2) is 5.81. The van der Waals surface area contributed by atoms with Crippen molar-refractivity contribution in [3.8, 4) is 5.75 Å². The smallest absolute Gasteiger partial charge is 0.264 e. The summed E-state index contributed by atoms with van der Waals surface area (Å²) < 4.78 is 35.2. The van der Waals surface area contributed by atoms with Gasteiger partial charge in [0.05, 0.1) is 12.4 Å². The fourth-order valence-corrected chi connectivity index (χ4v) is 1.88. The molecule has 1 N–H and O–H groups in total. The maximum absolute atomic E-state index is 10.4. The van der Waals surface area contributed by atoms with E-state index in [4.69, 9.17) is 20.9 Å². The molecule has 1 heterocycles. The third-order valence-electron chi connectivity index (χ3n) is 1.58. The molecule has 5 nitrogen and oxygen atoms in total. The normalized spacial score (nSPS) is 11.4. The minimum atomic E-state index is -3.93. The molecule has 0 radical (unpaired) electrons. The van der Waals surface area contributed by atoms with Crippen molar-refractivity contribution in [3.05, 3.63) is 21.9 Å². The Labute approximate surface area is 107 Å². The van der Waals surface area contributed by atoms with Crippen LogP contribution in [0.15, 0.2) is 16.7 Å². The summed E-state index contributed by atoms with van der Waals surface area (Å²) in [4.78, 5) is 3.83. The van der Waals surface area contributed by atoms with E-state index >= 15 is 0 Å². The third kappa shape index (κ3) is 5.11. The zero-order valence-corrected chi connectivity index (χ0v) is 11.2. The molecule has 0 aliphatic heterocycles. The van der Waals surface area contributed by atoms with Gasteiger partial charge < -0.3 is 4.74 Å². The van der Waals surface area contributed by atoms with Crippen molar-refractivity contribution in [2.24, 2.45) is 0 Å². The second-order valence-electron chi connectivity index (χ2n) is 2.93. The third-order valence-corrected chi connectivity index (χ3v) is 3.10. The molecule has 0 aliphatic rings. The second-order valence-corrected chi connectivity index (χ2v) is 5.78. The highest BCUT2D eigenvalue weighted by molar-refractivity contribution is 9.10. The highest BCUT2D eigenvalue weighted by Crippen LogP contribution is 2.25. The van der Waals surface area contributed by atoms with Crippen LogP contribution in [0, 0.1) is 0 Å². The molecule has 0 fully saturated rings. The van der Waals surface area contributed by atoms with Gasteiger partial charge in [-0.3, -0.25) is 4.55 Å². The van der Waals surface area contributed by atoms with Crippen LogP contribution in [0.25, 0.3) is 0 Å². The van der Waals surface area contributed by atoms with E-state index in [1.165, 1.54) is 6.20 Å². The summed E-state index contributed by atoms with van der Waals surface area (Å²) in [5.41, 5.74) is 0. The van der Waals surface area contributed by atoms with Crippen LogP contribution in [0.3, 0.4) is 0 Å². The first-order valence-corrected chi connectivity index (χ1v) is 7.05. The molecule has 0 spiro atoms. The Morgan fingerprint density at radius 2 is 2.25 bits per heavy atom. The topological polar surface area (TPSA) is 76.5 Å². The van der Waals surface area contributed by atoms with E-state index < -0.39 is 10.1 Å². The molecule has 0 amide bonds. The molecular weight excluding hydrogens is 322 g/mol. The van der Waals surface area contributed by atoms with Gasteiger partial charge in [0.2, 0.25) is 0 Å². The molecule has 0 bridgehead atoms. The standard InChI is InChI=1S/C8H9BrClNO4S/c9-6-4-7(8(10)11-5-6)15-2-1-3-16(12,13)14/h4-5H,1-3H2,(H,12,13,14). The van der Waals surface area contributed by atoms with Crippen LogP contribution in [0.2, 0.25) is 5.15 Å². The minimum absolute atomic E-state index is 0.137. The Morgan fingerprint density at radius 3 is 2.88 bits per heavy atom. The largest absolute Gasteiger partial charge is 0.490 e. The predicted molar refractivity (Wildman–Crippen MR) is 63.5 cm³/mol. The van der Waals surface area contributed by atoms with Crippen molar-refractivity contribution >= 4 is 37.6 Å². The van der Waals surface area contributed by atoms with Gasteiger partial charge in [-0.15, -0.1) is 0 Å². The Bertz CT molecular complexity index is 465. The lowest BCUT2D eigenvalue weighted by Gasteiger charge is -2.06. The maximum Gasteiger partial charge on any atom is 0.264 e. The number of nitrogens with zero attached hydrogens (tertiary/aromatic N) is 1. The van der Waals surface area contributed by atoms with Gasteiger partial charge in [0.25, 0.3) is 10.1 Å². The number of hydrogen-bond acceptors (Lipinski definition) is 4. The van der Waals surface area contributed by atoms with Gasteiger partial charge in [0.15, 0.2) is 10.9 Å². The quantitative estimate of drug-likeness (QED) is 0.508. The van der Waals surface area contributed by atoms with Crippen molar-refractivity contribution in [2.75, 3.05) is 12.4 Å². The van der Waals surface area contributed by atoms with E-state index in [1.807, 2.05) is 0 Å².